The van der Waals surface area contributed by atoms with Crippen LogP contribution < -0.4 is 16.0 Å². The first-order chi connectivity index (χ1) is 21.1. The number of amides is 3. The smallest absolute Gasteiger partial charge is 0.408 e. The van der Waals surface area contributed by atoms with Crippen molar-refractivity contribution in [3.05, 3.63) is 35.9 Å². The Hall–Kier alpha value is -3.19. The minimum Gasteiger partial charge on any atom is -0.445 e. The Morgan fingerprint density at radius 3 is 2.18 bits per heavy atom. The molecular formula is C31H45N3O9S. The van der Waals surface area contributed by atoms with E-state index in [2.05, 4.69) is 16.0 Å². The zero-order chi connectivity index (χ0) is 31.5. The molecule has 4 atom stereocenters. The Balaban J connectivity index is 1.53. The van der Waals surface area contributed by atoms with Crippen LogP contribution in [0.25, 0.3) is 0 Å². The van der Waals surface area contributed by atoms with E-state index in [0.29, 0.717) is 32.2 Å². The molecule has 3 aliphatic rings. The molecule has 1 heterocycles. The second-order valence-corrected chi connectivity index (χ2v) is 13.8. The second-order valence-electron chi connectivity index (χ2n) is 12.3. The Labute approximate surface area is 259 Å². The third-order valence-corrected chi connectivity index (χ3v) is 9.95. The number of carbonyl (C=O) groups excluding carboxylic acids is 4. The van der Waals surface area contributed by atoms with Crippen LogP contribution in [0.15, 0.2) is 30.3 Å². The minimum absolute atomic E-state index is 0.00813. The molecular weight excluding hydrogens is 590 g/mol. The molecule has 12 nitrogen and oxygen atoms in total. The lowest BCUT2D eigenvalue weighted by Crippen LogP contribution is -2.56. The van der Waals surface area contributed by atoms with E-state index < -0.39 is 57.4 Å². The van der Waals surface area contributed by atoms with E-state index in [1.807, 2.05) is 18.2 Å². The van der Waals surface area contributed by atoms with E-state index in [0.717, 1.165) is 56.9 Å². The van der Waals surface area contributed by atoms with Gasteiger partial charge in [0.05, 0.1) is 12.0 Å². The van der Waals surface area contributed by atoms with E-state index in [1.165, 1.54) is 0 Å². The molecule has 3 amide bonds. The number of esters is 1. The molecule has 0 spiro atoms. The van der Waals surface area contributed by atoms with Crippen LogP contribution in [-0.2, 0) is 40.6 Å². The number of rotatable bonds is 13. The molecule has 1 saturated heterocycles. The molecule has 1 aromatic carbocycles. The number of alkyl carbamates (subject to hydrolysis) is 1. The van der Waals surface area contributed by atoms with Crippen molar-refractivity contribution in [3.8, 4) is 0 Å². The van der Waals surface area contributed by atoms with Crippen molar-refractivity contribution in [2.45, 2.75) is 108 Å². The summed E-state index contributed by atoms with van der Waals surface area (Å²) < 4.78 is 46.3. The molecule has 0 radical (unpaired) electrons. The fraction of sp³-hybridized carbons (Fsp3) is 0.677. The first kappa shape index (κ1) is 33.7. The topological polar surface area (TPSA) is 177 Å². The van der Waals surface area contributed by atoms with E-state index in [9.17, 15) is 32.1 Å². The average Bonchev–Trinajstić information content (AvgIpc) is 3.42. The van der Waals surface area contributed by atoms with Gasteiger partial charge < -0.3 is 25.4 Å². The molecule has 0 aromatic heterocycles. The van der Waals surface area contributed by atoms with E-state index in [1.54, 1.807) is 12.1 Å². The van der Waals surface area contributed by atoms with Crippen molar-refractivity contribution in [1.82, 2.24) is 16.0 Å². The Morgan fingerprint density at radius 1 is 0.909 bits per heavy atom. The van der Waals surface area contributed by atoms with Crippen LogP contribution in [0.4, 0.5) is 4.79 Å². The molecule has 4 N–H and O–H groups in total. The fourth-order valence-corrected chi connectivity index (χ4v) is 7.30. The molecule has 1 unspecified atom stereocenters. The average molecular weight is 636 g/mol. The second kappa shape index (κ2) is 16.2. The Morgan fingerprint density at radius 2 is 1.57 bits per heavy atom. The lowest BCUT2D eigenvalue weighted by molar-refractivity contribution is -0.153. The fourth-order valence-electron chi connectivity index (χ4n) is 6.49. The van der Waals surface area contributed by atoms with Gasteiger partial charge in [-0.25, -0.2) is 4.79 Å². The summed E-state index contributed by atoms with van der Waals surface area (Å²) >= 11 is 0. The van der Waals surface area contributed by atoms with Crippen LogP contribution in [0.2, 0.25) is 0 Å². The van der Waals surface area contributed by atoms with Crippen LogP contribution in [0.1, 0.15) is 89.0 Å². The van der Waals surface area contributed by atoms with Gasteiger partial charge in [-0.15, -0.1) is 0 Å². The van der Waals surface area contributed by atoms with Gasteiger partial charge in [-0.3, -0.25) is 18.9 Å². The third kappa shape index (κ3) is 10.2. The van der Waals surface area contributed by atoms with Gasteiger partial charge in [0.1, 0.15) is 12.6 Å². The van der Waals surface area contributed by atoms with E-state index in [-0.39, 0.29) is 24.9 Å². The first-order valence-electron chi connectivity index (χ1n) is 15.8. The number of hydrogen-bond donors (Lipinski definition) is 4. The summed E-state index contributed by atoms with van der Waals surface area (Å²) in [4.78, 5) is 52.1. The standard InChI is InChI=1S/C31H45N3O9S/c35-27-24(16-17-32-27)19-26(30(44(39,40)41)43-29(37)23-14-8-3-9-15-23)33-28(36)25(18-21-10-4-1-5-11-21)34-31(38)42-20-22-12-6-2-7-13-22/h2,6-7,12-13,21,23-26,30H,1,3-5,8-11,14-20H2,(H,32,35)(H,33,36)(H,34,38)(H,39,40,41)/t24-,25-,26-,30?/m0/s1. The van der Waals surface area contributed by atoms with Crippen molar-refractivity contribution in [2.24, 2.45) is 17.8 Å². The van der Waals surface area contributed by atoms with Crippen LogP contribution >= 0.6 is 0 Å². The van der Waals surface area contributed by atoms with Gasteiger partial charge in [-0.1, -0.05) is 81.7 Å². The van der Waals surface area contributed by atoms with Crippen LogP contribution in [0.5, 0.6) is 0 Å². The summed E-state index contributed by atoms with van der Waals surface area (Å²) in [6.45, 7) is 0.369. The summed E-state index contributed by atoms with van der Waals surface area (Å²) in [5, 5.41) is 7.97. The molecule has 2 saturated carbocycles. The summed E-state index contributed by atoms with van der Waals surface area (Å²) in [6, 6.07) is 6.54. The lowest BCUT2D eigenvalue weighted by Gasteiger charge is -2.31. The Bertz CT molecular complexity index is 1230. The van der Waals surface area contributed by atoms with Gasteiger partial charge in [0.15, 0.2) is 0 Å². The minimum atomic E-state index is -5.02. The molecule has 2 aliphatic carbocycles. The summed E-state index contributed by atoms with van der Waals surface area (Å²) in [5.74, 6) is -2.83. The zero-order valence-electron chi connectivity index (χ0n) is 25.1. The highest BCUT2D eigenvalue weighted by molar-refractivity contribution is 7.86. The van der Waals surface area contributed by atoms with Crippen LogP contribution in [0.3, 0.4) is 0 Å². The summed E-state index contributed by atoms with van der Waals surface area (Å²) in [5.41, 5.74) is -1.35. The maximum absolute atomic E-state index is 13.8. The summed E-state index contributed by atoms with van der Waals surface area (Å²) in [6.07, 6.45) is 8.16. The SMILES string of the molecule is O=C(N[C@@H](CC1CCCCC1)C(=O)N[C@@H](C[C@@H]1CCNC1=O)C(OC(=O)C1CCCCC1)S(=O)(=O)O)OCc1ccccc1. The predicted molar refractivity (Wildman–Crippen MR) is 160 cm³/mol. The van der Waals surface area contributed by atoms with Crippen molar-refractivity contribution in [1.29, 1.82) is 0 Å². The third-order valence-electron chi connectivity index (χ3n) is 8.94. The molecule has 1 aliphatic heterocycles. The number of carbonyl (C=O) groups is 4. The van der Waals surface area contributed by atoms with Crippen molar-refractivity contribution in [3.63, 3.8) is 0 Å². The maximum atomic E-state index is 13.8. The van der Waals surface area contributed by atoms with Crippen molar-refractivity contribution in [2.75, 3.05) is 6.54 Å². The number of benzene rings is 1. The summed E-state index contributed by atoms with van der Waals surface area (Å²) in [7, 11) is -5.02. The molecule has 44 heavy (non-hydrogen) atoms. The maximum Gasteiger partial charge on any atom is 0.408 e. The molecule has 4 rings (SSSR count). The first-order valence-corrected chi connectivity index (χ1v) is 17.3. The lowest BCUT2D eigenvalue weighted by atomic mass is 9.84. The van der Waals surface area contributed by atoms with Gasteiger partial charge in [0.25, 0.3) is 0 Å². The zero-order valence-corrected chi connectivity index (χ0v) is 25.9. The van der Waals surface area contributed by atoms with Gasteiger partial charge in [-0.05, 0) is 43.6 Å². The molecule has 0 bridgehead atoms. The number of hydrogen-bond acceptors (Lipinski definition) is 8. The molecule has 13 heteroatoms. The van der Waals surface area contributed by atoms with Gasteiger partial charge in [-0.2, -0.15) is 8.42 Å². The van der Waals surface area contributed by atoms with Crippen molar-refractivity contribution < 1.29 is 41.6 Å². The van der Waals surface area contributed by atoms with E-state index in [4.69, 9.17) is 9.47 Å². The predicted octanol–water partition coefficient (Wildman–Crippen LogP) is 3.60. The normalized spacial score (nSPS) is 21.8. The number of ether oxygens (including phenoxy) is 2. The van der Waals surface area contributed by atoms with Crippen molar-refractivity contribution >= 4 is 34.0 Å². The number of nitrogens with one attached hydrogen (secondary N) is 3. The van der Waals surface area contributed by atoms with Gasteiger partial charge in [0, 0.05) is 12.5 Å². The molecule has 1 aromatic rings. The Kier molecular flexibility index (Phi) is 12.4. The quantitative estimate of drug-likeness (QED) is 0.186. The van der Waals surface area contributed by atoms with E-state index >= 15 is 0 Å². The molecule has 3 fully saturated rings. The highest BCUT2D eigenvalue weighted by Crippen LogP contribution is 2.29. The largest absolute Gasteiger partial charge is 0.445 e. The van der Waals surface area contributed by atoms with Gasteiger partial charge >= 0.3 is 22.2 Å². The van der Waals surface area contributed by atoms with Crippen LogP contribution in [0, 0.1) is 17.8 Å². The highest BCUT2D eigenvalue weighted by atomic mass is 32.2. The van der Waals surface area contributed by atoms with Crippen LogP contribution in [-0.4, -0.2) is 60.9 Å². The molecule has 244 valence electrons. The van der Waals surface area contributed by atoms with Gasteiger partial charge in [0.2, 0.25) is 17.3 Å². The highest BCUT2D eigenvalue weighted by Gasteiger charge is 2.42. The monoisotopic (exact) mass is 635 g/mol.